The lowest BCUT2D eigenvalue weighted by molar-refractivity contribution is 0.316. The van der Waals surface area contributed by atoms with Gasteiger partial charge in [-0.15, -0.1) is 12.4 Å². The summed E-state index contributed by atoms with van der Waals surface area (Å²) in [4.78, 5) is 2.53. The monoisotopic (exact) mass is 236 g/mol. The van der Waals surface area contributed by atoms with Crippen molar-refractivity contribution in [3.05, 3.63) is 47.7 Å². The normalized spacial score (nSPS) is 23.2. The standard InChI is InChI=1S/C13H16N2.ClH/c1-2-4-11(5-3-1)8-15-9-12-6-14-7-13(12)10-15;/h1-6,13-14H,7-10H2;1H. The van der Waals surface area contributed by atoms with E-state index in [0.29, 0.717) is 0 Å². The van der Waals surface area contributed by atoms with Crippen molar-refractivity contribution in [1.82, 2.24) is 10.2 Å². The Kier molecular flexibility index (Phi) is 3.52. The van der Waals surface area contributed by atoms with Crippen LogP contribution in [0.2, 0.25) is 0 Å². The molecule has 0 aliphatic carbocycles. The molecule has 0 bridgehead atoms. The quantitative estimate of drug-likeness (QED) is 0.846. The number of benzene rings is 1. The van der Waals surface area contributed by atoms with Crippen LogP contribution in [-0.4, -0.2) is 24.5 Å². The van der Waals surface area contributed by atoms with Gasteiger partial charge in [-0.25, -0.2) is 0 Å². The summed E-state index contributed by atoms with van der Waals surface area (Å²) in [5, 5.41) is 3.32. The molecule has 3 rings (SSSR count). The van der Waals surface area contributed by atoms with Crippen molar-refractivity contribution in [2.45, 2.75) is 6.54 Å². The molecule has 0 aromatic heterocycles. The second-order valence-corrected chi connectivity index (χ2v) is 4.48. The second kappa shape index (κ2) is 4.89. The van der Waals surface area contributed by atoms with Crippen molar-refractivity contribution in [1.29, 1.82) is 0 Å². The molecule has 3 heteroatoms. The highest BCUT2D eigenvalue weighted by Crippen LogP contribution is 2.25. The molecule has 1 saturated heterocycles. The van der Waals surface area contributed by atoms with E-state index < -0.39 is 0 Å². The average Bonchev–Trinajstić information content (AvgIpc) is 2.79. The Morgan fingerprint density at radius 3 is 2.81 bits per heavy atom. The second-order valence-electron chi connectivity index (χ2n) is 4.48. The van der Waals surface area contributed by atoms with Gasteiger partial charge in [-0.3, -0.25) is 4.90 Å². The molecular formula is C13H17ClN2. The van der Waals surface area contributed by atoms with E-state index in [9.17, 15) is 0 Å². The summed E-state index contributed by atoms with van der Waals surface area (Å²) in [7, 11) is 0. The zero-order chi connectivity index (χ0) is 10.1. The van der Waals surface area contributed by atoms with Gasteiger partial charge in [0.05, 0.1) is 0 Å². The van der Waals surface area contributed by atoms with E-state index in [0.717, 1.165) is 25.6 Å². The van der Waals surface area contributed by atoms with Crippen LogP contribution < -0.4 is 5.32 Å². The van der Waals surface area contributed by atoms with E-state index in [2.05, 4.69) is 46.7 Å². The minimum absolute atomic E-state index is 0. The molecule has 1 N–H and O–H groups in total. The first-order valence-corrected chi connectivity index (χ1v) is 5.60. The maximum Gasteiger partial charge on any atom is 0.0237 e. The third kappa shape index (κ3) is 2.23. The van der Waals surface area contributed by atoms with Gasteiger partial charge in [-0.05, 0) is 17.3 Å². The minimum Gasteiger partial charge on any atom is -0.390 e. The number of hydrogen-bond acceptors (Lipinski definition) is 2. The van der Waals surface area contributed by atoms with Crippen LogP contribution in [0.25, 0.3) is 0 Å². The molecule has 2 heterocycles. The first kappa shape index (κ1) is 11.5. The molecule has 2 aliphatic heterocycles. The van der Waals surface area contributed by atoms with E-state index in [1.54, 1.807) is 5.57 Å². The summed E-state index contributed by atoms with van der Waals surface area (Å²) in [6.07, 6.45) is 2.20. The maximum atomic E-state index is 3.32. The highest BCUT2D eigenvalue weighted by atomic mass is 35.5. The SMILES string of the molecule is C1=C2CN(Cc3ccccc3)CC2CN1.Cl. The number of nitrogens with zero attached hydrogens (tertiary/aromatic N) is 1. The molecule has 2 aliphatic rings. The summed E-state index contributed by atoms with van der Waals surface area (Å²) in [5.41, 5.74) is 3.01. The van der Waals surface area contributed by atoms with Crippen LogP contribution in [0.15, 0.2) is 42.1 Å². The molecule has 1 atom stereocenters. The van der Waals surface area contributed by atoms with Gasteiger partial charge in [-0.2, -0.15) is 0 Å². The Morgan fingerprint density at radius 1 is 1.25 bits per heavy atom. The fraction of sp³-hybridized carbons (Fsp3) is 0.385. The largest absolute Gasteiger partial charge is 0.390 e. The molecule has 16 heavy (non-hydrogen) atoms. The lowest BCUT2D eigenvalue weighted by Crippen LogP contribution is -2.23. The van der Waals surface area contributed by atoms with Gasteiger partial charge in [-0.1, -0.05) is 30.3 Å². The fourth-order valence-corrected chi connectivity index (χ4v) is 2.53. The Morgan fingerprint density at radius 2 is 2.06 bits per heavy atom. The molecule has 1 fully saturated rings. The average molecular weight is 237 g/mol. The van der Waals surface area contributed by atoms with Gasteiger partial charge < -0.3 is 5.32 Å². The van der Waals surface area contributed by atoms with Gasteiger partial charge in [0.15, 0.2) is 0 Å². The van der Waals surface area contributed by atoms with Crippen molar-refractivity contribution < 1.29 is 0 Å². The lowest BCUT2D eigenvalue weighted by atomic mass is 10.1. The van der Waals surface area contributed by atoms with Crippen molar-refractivity contribution in [2.75, 3.05) is 19.6 Å². The van der Waals surface area contributed by atoms with Crippen LogP contribution >= 0.6 is 12.4 Å². The number of hydrogen-bond donors (Lipinski definition) is 1. The van der Waals surface area contributed by atoms with E-state index in [-0.39, 0.29) is 12.4 Å². The molecule has 0 saturated carbocycles. The van der Waals surface area contributed by atoms with Crippen molar-refractivity contribution in [3.8, 4) is 0 Å². The highest BCUT2D eigenvalue weighted by molar-refractivity contribution is 5.85. The lowest BCUT2D eigenvalue weighted by Gasteiger charge is -2.15. The predicted molar refractivity (Wildman–Crippen MR) is 68.5 cm³/mol. The van der Waals surface area contributed by atoms with Gasteiger partial charge >= 0.3 is 0 Å². The fourth-order valence-electron chi connectivity index (χ4n) is 2.53. The third-order valence-electron chi connectivity index (χ3n) is 3.31. The van der Waals surface area contributed by atoms with Gasteiger partial charge in [0.2, 0.25) is 0 Å². The first-order chi connectivity index (χ1) is 7.42. The Hall–Kier alpha value is -0.990. The summed E-state index contributed by atoms with van der Waals surface area (Å²) in [5.74, 6) is 0.772. The van der Waals surface area contributed by atoms with Crippen LogP contribution in [-0.2, 0) is 6.54 Å². The predicted octanol–water partition coefficient (Wildman–Crippen LogP) is 2.03. The van der Waals surface area contributed by atoms with Crippen LogP contribution in [0.3, 0.4) is 0 Å². The number of rotatable bonds is 2. The number of halogens is 1. The number of nitrogens with one attached hydrogen (secondary N) is 1. The van der Waals surface area contributed by atoms with E-state index in [1.807, 2.05) is 0 Å². The van der Waals surface area contributed by atoms with Crippen LogP contribution in [0.4, 0.5) is 0 Å². The zero-order valence-corrected chi connectivity index (χ0v) is 10.0. The molecule has 0 radical (unpaired) electrons. The summed E-state index contributed by atoms with van der Waals surface area (Å²) < 4.78 is 0. The number of fused-ring (bicyclic) bond motifs is 1. The maximum absolute atomic E-state index is 3.32. The molecule has 0 spiro atoms. The van der Waals surface area contributed by atoms with E-state index in [1.165, 1.54) is 12.1 Å². The highest BCUT2D eigenvalue weighted by Gasteiger charge is 2.29. The molecule has 86 valence electrons. The van der Waals surface area contributed by atoms with Gasteiger partial charge in [0, 0.05) is 32.1 Å². The molecule has 1 aromatic rings. The zero-order valence-electron chi connectivity index (χ0n) is 9.23. The van der Waals surface area contributed by atoms with Gasteiger partial charge in [0.25, 0.3) is 0 Å². The summed E-state index contributed by atoms with van der Waals surface area (Å²) in [6, 6.07) is 10.7. The van der Waals surface area contributed by atoms with Crippen molar-refractivity contribution in [2.24, 2.45) is 5.92 Å². The molecular weight excluding hydrogens is 220 g/mol. The van der Waals surface area contributed by atoms with Crippen LogP contribution in [0.5, 0.6) is 0 Å². The molecule has 2 nitrogen and oxygen atoms in total. The van der Waals surface area contributed by atoms with Crippen LogP contribution in [0.1, 0.15) is 5.56 Å². The number of likely N-dealkylation sites (tertiary alicyclic amines) is 1. The van der Waals surface area contributed by atoms with Crippen LogP contribution in [0, 0.1) is 5.92 Å². The molecule has 1 unspecified atom stereocenters. The Balaban J connectivity index is 0.000000963. The van der Waals surface area contributed by atoms with E-state index >= 15 is 0 Å². The third-order valence-corrected chi connectivity index (χ3v) is 3.31. The molecule has 1 aromatic carbocycles. The van der Waals surface area contributed by atoms with Gasteiger partial charge in [0.1, 0.15) is 0 Å². The first-order valence-electron chi connectivity index (χ1n) is 5.60. The smallest absolute Gasteiger partial charge is 0.0237 e. The Bertz CT molecular complexity index is 375. The van der Waals surface area contributed by atoms with Crippen molar-refractivity contribution in [3.63, 3.8) is 0 Å². The summed E-state index contributed by atoms with van der Waals surface area (Å²) >= 11 is 0. The van der Waals surface area contributed by atoms with E-state index in [4.69, 9.17) is 0 Å². The van der Waals surface area contributed by atoms with Crippen molar-refractivity contribution >= 4 is 12.4 Å². The Labute approximate surface area is 103 Å². The topological polar surface area (TPSA) is 15.3 Å². The minimum atomic E-state index is 0. The molecule has 0 amide bonds. The summed E-state index contributed by atoms with van der Waals surface area (Å²) in [6.45, 7) is 4.59.